The van der Waals surface area contributed by atoms with E-state index in [1.807, 2.05) is 23.6 Å². The molecule has 1 saturated heterocycles. The molecule has 8 heteroatoms. The third-order valence-electron chi connectivity index (χ3n) is 5.04. The lowest BCUT2D eigenvalue weighted by Gasteiger charge is -2.45. The normalized spacial score (nSPS) is 19.9. The molecule has 1 aliphatic heterocycles. The summed E-state index contributed by atoms with van der Waals surface area (Å²) < 4.78 is 19.0. The van der Waals surface area contributed by atoms with Gasteiger partial charge in [-0.3, -0.25) is 4.90 Å². The average molecular weight is 458 g/mol. The number of carbonyl (C=O) groups excluding carboxylic acids is 1. The van der Waals surface area contributed by atoms with E-state index in [-0.39, 0.29) is 34.7 Å². The molecular weight excluding hydrogens is 438 g/mol. The third kappa shape index (κ3) is 4.88. The van der Waals surface area contributed by atoms with Gasteiger partial charge < -0.3 is 9.64 Å². The van der Waals surface area contributed by atoms with E-state index in [1.54, 1.807) is 24.3 Å². The quantitative estimate of drug-likeness (QED) is 0.442. The monoisotopic (exact) mass is 456 g/mol. The molecule has 1 fully saturated rings. The minimum Gasteiger partial charge on any atom is -0.477 e. The van der Waals surface area contributed by atoms with Crippen LogP contribution in [0.2, 0.25) is 15.1 Å². The highest BCUT2D eigenvalue weighted by Gasteiger charge is 2.34. The van der Waals surface area contributed by atoms with Gasteiger partial charge in [0.15, 0.2) is 0 Å². The number of hydrogen-bond acceptors (Lipinski definition) is 4. The van der Waals surface area contributed by atoms with Crippen molar-refractivity contribution in [3.63, 3.8) is 0 Å². The third-order valence-corrected chi connectivity index (χ3v) is 6.32. The Morgan fingerprint density at radius 2 is 1.79 bits per heavy atom. The van der Waals surface area contributed by atoms with Crippen molar-refractivity contribution >= 4 is 40.7 Å². The Kier molecular flexibility index (Phi) is 7.10. The van der Waals surface area contributed by atoms with Crippen LogP contribution in [0.3, 0.4) is 0 Å². The minimum absolute atomic E-state index is 0.0283. The number of halogens is 4. The van der Waals surface area contributed by atoms with Crippen molar-refractivity contribution in [2.75, 3.05) is 13.3 Å². The van der Waals surface area contributed by atoms with Gasteiger partial charge in [-0.05, 0) is 43.7 Å². The van der Waals surface area contributed by atoms with Crippen LogP contribution in [0.1, 0.15) is 19.4 Å². The largest absolute Gasteiger partial charge is 0.477 e. The lowest BCUT2D eigenvalue weighted by Crippen LogP contribution is -2.55. The molecule has 1 aliphatic rings. The van der Waals surface area contributed by atoms with E-state index < -0.39 is 0 Å². The van der Waals surface area contributed by atoms with Gasteiger partial charge in [-0.15, -0.1) is 0 Å². The van der Waals surface area contributed by atoms with E-state index >= 15 is 0 Å². The second-order valence-electron chi connectivity index (χ2n) is 6.98. The van der Waals surface area contributed by atoms with E-state index in [0.717, 1.165) is 5.56 Å². The number of nitrogens with zero attached hydrogens (tertiary/aromatic N) is 2. The van der Waals surface area contributed by atoms with Crippen LogP contribution >= 0.6 is 34.8 Å². The fraction of sp³-hybridized carbons (Fsp3) is 0.333. The van der Waals surface area contributed by atoms with Crippen molar-refractivity contribution in [3.8, 4) is 5.75 Å². The standard InChI is InChI=1S/C21H20Cl3FN2O2/c1-13-9-26(12-29-19-8-7-17(22)20(23)21(19)24)14(2)18(11-28)27(13)10-15-3-5-16(25)6-4-15/h3-8,13-14H,9-10,12H2,1-2H3/t13-,14+/m1/s1. The number of hydrogen-bond donors (Lipinski definition) is 0. The SMILES string of the molecule is C[C@@H]1CN(COc2ccc(Cl)c(Cl)c2Cl)[C@@H](C)C(=C=O)N1Cc1ccc(F)cc1. The van der Waals surface area contributed by atoms with E-state index in [9.17, 15) is 9.18 Å². The van der Waals surface area contributed by atoms with Crippen LogP contribution in [0.25, 0.3) is 0 Å². The topological polar surface area (TPSA) is 32.8 Å². The van der Waals surface area contributed by atoms with Crippen LogP contribution in [0, 0.1) is 5.82 Å². The van der Waals surface area contributed by atoms with Gasteiger partial charge in [0, 0.05) is 19.1 Å². The van der Waals surface area contributed by atoms with E-state index in [1.165, 1.54) is 12.1 Å². The van der Waals surface area contributed by atoms with Crippen LogP contribution in [0.15, 0.2) is 42.1 Å². The molecule has 2 aromatic rings. The summed E-state index contributed by atoms with van der Waals surface area (Å²) in [5.41, 5.74) is 1.45. The highest BCUT2D eigenvalue weighted by molar-refractivity contribution is 6.48. The summed E-state index contributed by atoms with van der Waals surface area (Å²) in [6.07, 6.45) is 0. The summed E-state index contributed by atoms with van der Waals surface area (Å²) in [5.74, 6) is 2.21. The molecular formula is C21H20Cl3FN2O2. The molecule has 0 aliphatic carbocycles. The molecule has 0 radical (unpaired) electrons. The fourth-order valence-corrected chi connectivity index (χ4v) is 3.94. The molecule has 0 aromatic heterocycles. The van der Waals surface area contributed by atoms with Crippen molar-refractivity contribution in [1.29, 1.82) is 0 Å². The Labute approximate surface area is 184 Å². The van der Waals surface area contributed by atoms with Crippen LogP contribution in [-0.2, 0) is 11.3 Å². The van der Waals surface area contributed by atoms with Gasteiger partial charge in [0.25, 0.3) is 0 Å². The maximum atomic E-state index is 13.2. The second kappa shape index (κ2) is 9.38. The first-order chi connectivity index (χ1) is 13.8. The number of benzene rings is 2. The Balaban J connectivity index is 1.72. The number of ether oxygens (including phenoxy) is 1. The Morgan fingerprint density at radius 3 is 2.45 bits per heavy atom. The van der Waals surface area contributed by atoms with Crippen molar-refractivity contribution in [3.05, 3.63) is 68.5 Å². The smallest absolute Gasteiger partial charge is 0.147 e. The molecule has 0 saturated carbocycles. The molecule has 0 N–H and O–H groups in total. The first-order valence-corrected chi connectivity index (χ1v) is 10.2. The number of piperazine rings is 1. The zero-order chi connectivity index (χ0) is 21.1. The second-order valence-corrected chi connectivity index (χ2v) is 8.15. The van der Waals surface area contributed by atoms with Crippen molar-refractivity contribution in [2.45, 2.75) is 32.5 Å². The minimum atomic E-state index is -0.288. The van der Waals surface area contributed by atoms with Gasteiger partial charge >= 0.3 is 0 Å². The Hall–Kier alpha value is -1.75. The summed E-state index contributed by atoms with van der Waals surface area (Å²) in [7, 11) is 0. The number of rotatable bonds is 5. The maximum absolute atomic E-state index is 13.2. The van der Waals surface area contributed by atoms with Gasteiger partial charge in [0.05, 0.1) is 16.1 Å². The maximum Gasteiger partial charge on any atom is 0.147 e. The van der Waals surface area contributed by atoms with Crippen molar-refractivity contribution in [2.24, 2.45) is 0 Å². The van der Waals surface area contributed by atoms with Crippen LogP contribution < -0.4 is 4.74 Å². The van der Waals surface area contributed by atoms with Crippen molar-refractivity contribution in [1.82, 2.24) is 9.80 Å². The molecule has 154 valence electrons. The van der Waals surface area contributed by atoms with E-state index in [2.05, 4.69) is 5.94 Å². The summed E-state index contributed by atoms with van der Waals surface area (Å²) in [6, 6.07) is 9.36. The summed E-state index contributed by atoms with van der Waals surface area (Å²) >= 11 is 18.2. The first kappa shape index (κ1) is 21.9. The molecule has 2 aromatic carbocycles. The first-order valence-electron chi connectivity index (χ1n) is 9.08. The van der Waals surface area contributed by atoms with Gasteiger partial charge in [0.2, 0.25) is 0 Å². The highest BCUT2D eigenvalue weighted by Crippen LogP contribution is 2.37. The summed E-state index contributed by atoms with van der Waals surface area (Å²) in [5, 5.41) is 0.845. The Morgan fingerprint density at radius 1 is 1.10 bits per heavy atom. The van der Waals surface area contributed by atoms with Gasteiger partial charge in [-0.2, -0.15) is 0 Å². The molecule has 0 amide bonds. The lowest BCUT2D eigenvalue weighted by molar-refractivity contribution is 0.0286. The van der Waals surface area contributed by atoms with Gasteiger partial charge in [-0.1, -0.05) is 46.9 Å². The van der Waals surface area contributed by atoms with Crippen LogP contribution in [0.4, 0.5) is 4.39 Å². The van der Waals surface area contributed by atoms with Crippen molar-refractivity contribution < 1.29 is 13.9 Å². The molecule has 29 heavy (non-hydrogen) atoms. The lowest BCUT2D eigenvalue weighted by atomic mass is 10.0. The predicted octanol–water partition coefficient (Wildman–Crippen LogP) is 5.43. The zero-order valence-corrected chi connectivity index (χ0v) is 18.2. The molecule has 4 nitrogen and oxygen atoms in total. The molecule has 0 bridgehead atoms. The van der Waals surface area contributed by atoms with Crippen LogP contribution in [0.5, 0.6) is 5.75 Å². The fourth-order valence-electron chi connectivity index (χ4n) is 3.35. The van der Waals surface area contributed by atoms with E-state index in [0.29, 0.717) is 29.6 Å². The predicted molar refractivity (Wildman–Crippen MR) is 114 cm³/mol. The van der Waals surface area contributed by atoms with Gasteiger partial charge in [-0.25, -0.2) is 9.18 Å². The molecule has 0 unspecified atom stereocenters. The highest BCUT2D eigenvalue weighted by atomic mass is 35.5. The summed E-state index contributed by atoms with van der Waals surface area (Å²) in [6.45, 7) is 5.32. The van der Waals surface area contributed by atoms with Gasteiger partial charge in [0.1, 0.15) is 35.0 Å². The van der Waals surface area contributed by atoms with Crippen LogP contribution in [-0.4, -0.2) is 41.1 Å². The molecule has 0 spiro atoms. The molecule has 3 rings (SSSR count). The molecule has 1 heterocycles. The molecule has 2 atom stereocenters. The Bertz CT molecular complexity index is 932. The average Bonchev–Trinajstić information content (AvgIpc) is 2.70. The summed E-state index contributed by atoms with van der Waals surface area (Å²) in [4.78, 5) is 15.8. The zero-order valence-electron chi connectivity index (χ0n) is 16.0. The van der Waals surface area contributed by atoms with E-state index in [4.69, 9.17) is 39.5 Å².